The quantitative estimate of drug-likeness (QED) is 0.926. The number of hydrogen-bond donors (Lipinski definition) is 1. The Balaban J connectivity index is 1.57. The van der Waals surface area contributed by atoms with Gasteiger partial charge in [0.2, 0.25) is 0 Å². The van der Waals surface area contributed by atoms with Crippen LogP contribution in [-0.2, 0) is 6.54 Å². The Morgan fingerprint density at radius 3 is 2.70 bits per heavy atom. The topological polar surface area (TPSA) is 33.1 Å². The molecule has 2 aromatic rings. The van der Waals surface area contributed by atoms with E-state index in [1.54, 1.807) is 0 Å². The molecule has 1 aromatic carbocycles. The smallest absolute Gasteiger partial charge is 0.0728 e. The van der Waals surface area contributed by atoms with Crippen molar-refractivity contribution in [2.24, 2.45) is 0 Å². The van der Waals surface area contributed by atoms with Crippen molar-refractivity contribution in [3.05, 3.63) is 48.3 Å². The molecule has 1 saturated heterocycles. The maximum atomic E-state index is 4.44. The van der Waals surface area contributed by atoms with Gasteiger partial charge in [-0.15, -0.1) is 0 Å². The molecule has 2 heterocycles. The van der Waals surface area contributed by atoms with E-state index in [4.69, 9.17) is 0 Å². The van der Waals surface area contributed by atoms with Crippen LogP contribution in [0.1, 0.15) is 18.4 Å². The zero-order valence-corrected chi connectivity index (χ0v) is 12.0. The first-order valence-electron chi connectivity index (χ1n) is 7.31. The van der Waals surface area contributed by atoms with Crippen LogP contribution in [0.4, 0.5) is 5.69 Å². The molecule has 1 aliphatic rings. The number of hydrogen-bond acceptors (Lipinski definition) is 3. The largest absolute Gasteiger partial charge is 0.380 e. The lowest BCUT2D eigenvalue weighted by atomic mass is 10.1. The summed E-state index contributed by atoms with van der Waals surface area (Å²) in [7, 11) is 2.19. The van der Waals surface area contributed by atoms with Crippen LogP contribution in [0.15, 0.2) is 42.7 Å². The summed E-state index contributed by atoms with van der Waals surface area (Å²) in [6, 6.07) is 11.0. The third-order valence-corrected chi connectivity index (χ3v) is 3.91. The highest BCUT2D eigenvalue weighted by Crippen LogP contribution is 2.15. The maximum absolute atomic E-state index is 4.44. The van der Waals surface area contributed by atoms with Gasteiger partial charge < -0.3 is 10.2 Å². The third-order valence-electron chi connectivity index (χ3n) is 3.91. The molecule has 1 aliphatic heterocycles. The van der Waals surface area contributed by atoms with Gasteiger partial charge in [-0.25, -0.2) is 0 Å². The van der Waals surface area contributed by atoms with Crippen molar-refractivity contribution in [1.82, 2.24) is 14.7 Å². The maximum Gasteiger partial charge on any atom is 0.0728 e. The van der Waals surface area contributed by atoms with E-state index in [0.29, 0.717) is 6.04 Å². The summed E-state index contributed by atoms with van der Waals surface area (Å²) in [5.41, 5.74) is 2.41. The average molecular weight is 270 g/mol. The van der Waals surface area contributed by atoms with Crippen molar-refractivity contribution in [3.63, 3.8) is 0 Å². The highest BCUT2D eigenvalue weighted by Gasteiger charge is 2.16. The van der Waals surface area contributed by atoms with Gasteiger partial charge >= 0.3 is 0 Å². The minimum atomic E-state index is 0.584. The minimum absolute atomic E-state index is 0.584. The minimum Gasteiger partial charge on any atom is -0.380 e. The van der Waals surface area contributed by atoms with Crippen molar-refractivity contribution in [1.29, 1.82) is 0 Å². The van der Waals surface area contributed by atoms with E-state index in [0.717, 1.165) is 12.2 Å². The predicted octanol–water partition coefficient (Wildman–Crippen LogP) is 2.44. The lowest BCUT2D eigenvalue weighted by Gasteiger charge is -2.29. The fourth-order valence-corrected chi connectivity index (χ4v) is 2.68. The Morgan fingerprint density at radius 2 is 1.95 bits per heavy atom. The summed E-state index contributed by atoms with van der Waals surface area (Å²) in [6.07, 6.45) is 6.45. The standard InChI is InChI=1S/C16H22N4/c1-19-9-7-15(8-10-19)18-16-11-17-20(13-16)12-14-5-3-2-4-6-14/h2-6,11,13,15,18H,7-10,12H2,1H3. The predicted molar refractivity (Wildman–Crippen MR) is 81.9 cm³/mol. The second kappa shape index (κ2) is 6.09. The summed E-state index contributed by atoms with van der Waals surface area (Å²) in [4.78, 5) is 2.39. The van der Waals surface area contributed by atoms with Crippen LogP contribution in [0.2, 0.25) is 0 Å². The molecule has 0 amide bonds. The van der Waals surface area contributed by atoms with E-state index in [1.165, 1.54) is 31.5 Å². The van der Waals surface area contributed by atoms with E-state index in [1.807, 2.05) is 16.9 Å². The van der Waals surface area contributed by atoms with E-state index in [-0.39, 0.29) is 0 Å². The highest BCUT2D eigenvalue weighted by atomic mass is 15.3. The number of nitrogens with zero attached hydrogens (tertiary/aromatic N) is 3. The van der Waals surface area contributed by atoms with Crippen molar-refractivity contribution in [2.45, 2.75) is 25.4 Å². The molecule has 0 bridgehead atoms. The van der Waals surface area contributed by atoms with Crippen LogP contribution >= 0.6 is 0 Å². The van der Waals surface area contributed by atoms with Gasteiger partial charge in [0, 0.05) is 12.2 Å². The molecule has 0 unspecified atom stereocenters. The molecular formula is C16H22N4. The molecule has 3 rings (SSSR count). The summed E-state index contributed by atoms with van der Waals surface area (Å²) >= 11 is 0. The van der Waals surface area contributed by atoms with Crippen LogP contribution in [0, 0.1) is 0 Å². The summed E-state index contributed by atoms with van der Waals surface area (Å²) in [6.45, 7) is 3.18. The molecule has 4 nitrogen and oxygen atoms in total. The van der Waals surface area contributed by atoms with Gasteiger partial charge in [-0.2, -0.15) is 5.10 Å². The van der Waals surface area contributed by atoms with Gasteiger partial charge in [-0.3, -0.25) is 4.68 Å². The number of aromatic nitrogens is 2. The first-order chi connectivity index (χ1) is 9.79. The van der Waals surface area contributed by atoms with Crippen LogP contribution < -0.4 is 5.32 Å². The molecule has 4 heteroatoms. The van der Waals surface area contributed by atoms with E-state index >= 15 is 0 Å². The van der Waals surface area contributed by atoms with Crippen LogP contribution in [0.25, 0.3) is 0 Å². The van der Waals surface area contributed by atoms with E-state index < -0.39 is 0 Å². The second-order valence-corrected chi connectivity index (χ2v) is 5.63. The van der Waals surface area contributed by atoms with Crippen molar-refractivity contribution in [2.75, 3.05) is 25.5 Å². The summed E-state index contributed by atoms with van der Waals surface area (Å²) in [5, 5.41) is 8.03. The molecule has 0 spiro atoms. The molecule has 1 aromatic heterocycles. The number of likely N-dealkylation sites (tertiary alicyclic amines) is 1. The monoisotopic (exact) mass is 270 g/mol. The van der Waals surface area contributed by atoms with Gasteiger partial charge in [0.1, 0.15) is 0 Å². The molecule has 106 valence electrons. The molecule has 0 aliphatic carbocycles. The molecular weight excluding hydrogens is 248 g/mol. The van der Waals surface area contributed by atoms with Crippen LogP contribution in [0.3, 0.4) is 0 Å². The Labute approximate surface area is 120 Å². The van der Waals surface area contributed by atoms with Crippen LogP contribution in [-0.4, -0.2) is 40.9 Å². The second-order valence-electron chi connectivity index (χ2n) is 5.63. The number of rotatable bonds is 4. The molecule has 20 heavy (non-hydrogen) atoms. The zero-order valence-electron chi connectivity index (χ0n) is 12.0. The Bertz CT molecular complexity index is 526. The van der Waals surface area contributed by atoms with Crippen molar-refractivity contribution >= 4 is 5.69 Å². The van der Waals surface area contributed by atoms with Crippen molar-refractivity contribution in [3.8, 4) is 0 Å². The van der Waals surface area contributed by atoms with Gasteiger partial charge in [0.05, 0.1) is 18.4 Å². The van der Waals surface area contributed by atoms with Gasteiger partial charge in [-0.05, 0) is 38.5 Å². The normalized spacial score (nSPS) is 17.2. The molecule has 0 saturated carbocycles. The molecule has 1 fully saturated rings. The zero-order chi connectivity index (χ0) is 13.8. The summed E-state index contributed by atoms with van der Waals surface area (Å²) < 4.78 is 1.99. The van der Waals surface area contributed by atoms with Crippen LogP contribution in [0.5, 0.6) is 0 Å². The first-order valence-corrected chi connectivity index (χ1v) is 7.31. The van der Waals surface area contributed by atoms with Gasteiger partial charge in [-0.1, -0.05) is 30.3 Å². The fourth-order valence-electron chi connectivity index (χ4n) is 2.68. The lowest BCUT2D eigenvalue weighted by molar-refractivity contribution is 0.264. The Kier molecular flexibility index (Phi) is 4.02. The number of anilines is 1. The molecule has 1 N–H and O–H groups in total. The number of nitrogens with one attached hydrogen (secondary N) is 1. The van der Waals surface area contributed by atoms with Gasteiger partial charge in [0.15, 0.2) is 0 Å². The number of benzene rings is 1. The number of piperidine rings is 1. The van der Waals surface area contributed by atoms with Gasteiger partial charge in [0.25, 0.3) is 0 Å². The summed E-state index contributed by atoms with van der Waals surface area (Å²) in [5.74, 6) is 0. The molecule has 0 atom stereocenters. The lowest BCUT2D eigenvalue weighted by Crippen LogP contribution is -2.36. The first kappa shape index (κ1) is 13.2. The molecule has 0 radical (unpaired) electrons. The SMILES string of the molecule is CN1CCC(Nc2cnn(Cc3ccccc3)c2)CC1. The average Bonchev–Trinajstić information content (AvgIpc) is 2.90. The Hall–Kier alpha value is -1.81. The third kappa shape index (κ3) is 3.39. The highest BCUT2D eigenvalue weighted by molar-refractivity contribution is 5.39. The van der Waals surface area contributed by atoms with E-state index in [2.05, 4.69) is 52.8 Å². The van der Waals surface area contributed by atoms with Crippen molar-refractivity contribution < 1.29 is 0 Å². The fraction of sp³-hybridized carbons (Fsp3) is 0.438. The van der Waals surface area contributed by atoms with E-state index in [9.17, 15) is 0 Å². The Morgan fingerprint density at radius 1 is 1.20 bits per heavy atom.